The van der Waals surface area contributed by atoms with E-state index in [9.17, 15) is 19.5 Å². The van der Waals surface area contributed by atoms with Crippen molar-refractivity contribution in [1.29, 1.82) is 0 Å². The summed E-state index contributed by atoms with van der Waals surface area (Å²) in [5.41, 5.74) is 0.873. The van der Waals surface area contributed by atoms with Gasteiger partial charge in [0.05, 0.1) is 24.2 Å². The molecule has 0 unspecified atom stereocenters. The van der Waals surface area contributed by atoms with E-state index in [1.54, 1.807) is 6.92 Å². The van der Waals surface area contributed by atoms with Gasteiger partial charge in [-0.3, -0.25) is 13.9 Å². The van der Waals surface area contributed by atoms with Gasteiger partial charge in [-0.05, 0) is 24.4 Å². The Morgan fingerprint density at radius 3 is 2.50 bits per heavy atom. The number of β-lactam (4-membered cyclic amide) rings is 1. The number of nitrogens with one attached hydrogen (secondary N) is 1. The molecular weight excluding hydrogens is 331 g/mol. The molecule has 112 valence electrons. The summed E-state index contributed by atoms with van der Waals surface area (Å²) in [7, 11) is 0. The Morgan fingerprint density at radius 1 is 1.32 bits per heavy atom. The predicted octanol–water partition coefficient (Wildman–Crippen LogP) is -3.65. The Kier molecular flexibility index (Phi) is 8.08. The van der Waals surface area contributed by atoms with Gasteiger partial charge in [0.25, 0.3) is 5.91 Å². The van der Waals surface area contributed by atoms with Crippen LogP contribution in [0.15, 0.2) is 30.3 Å². The van der Waals surface area contributed by atoms with Crippen LogP contribution in [0.5, 0.6) is 0 Å². The van der Waals surface area contributed by atoms with Crippen LogP contribution >= 0.6 is 11.9 Å². The van der Waals surface area contributed by atoms with E-state index in [1.165, 1.54) is 4.31 Å². The first-order chi connectivity index (χ1) is 9.99. The van der Waals surface area contributed by atoms with E-state index in [0.717, 1.165) is 17.5 Å². The predicted molar refractivity (Wildman–Crippen MR) is 75.8 cm³/mol. The number of carbonyl (C=O) groups excluding carboxylic acids is 3. The Balaban J connectivity index is 0.00000242. The third kappa shape index (κ3) is 5.07. The monoisotopic (exact) mass is 346 g/mol. The topological polar surface area (TPSA) is 89.5 Å². The standard InChI is InChI=1S/C14H16N2O4S.K/c1-9-13(14(20)16(9)21-8-12(18)19)15-11(17)7-10-5-3-2-4-6-10;/h2-6,9,13H,7-8H2,1H3,(H,15,17)(H,18,19);/q;+1/p-1/t9-,13-;/m0./s1. The maximum atomic E-state index is 11.9. The Bertz CT molecular complexity index is 555. The van der Waals surface area contributed by atoms with Crippen LogP contribution in [0, 0.1) is 0 Å². The summed E-state index contributed by atoms with van der Waals surface area (Å²) in [5.74, 6) is -2.01. The zero-order valence-corrected chi connectivity index (χ0v) is 16.4. The average Bonchev–Trinajstić information content (AvgIpc) is 2.45. The Labute approximate surface area is 175 Å². The molecule has 1 saturated heterocycles. The van der Waals surface area contributed by atoms with E-state index in [2.05, 4.69) is 5.32 Å². The van der Waals surface area contributed by atoms with Crippen molar-refractivity contribution in [2.24, 2.45) is 0 Å². The fourth-order valence-corrected chi connectivity index (χ4v) is 2.93. The first kappa shape index (κ1) is 19.7. The number of hydrogen-bond acceptors (Lipinski definition) is 5. The number of carbonyl (C=O) groups is 3. The molecule has 1 aromatic carbocycles. The molecule has 1 N–H and O–H groups in total. The van der Waals surface area contributed by atoms with E-state index in [4.69, 9.17) is 0 Å². The first-order valence-corrected chi connectivity index (χ1v) is 7.42. The molecule has 2 rings (SSSR count). The second-order valence-corrected chi connectivity index (χ2v) is 5.70. The molecule has 6 nitrogen and oxygen atoms in total. The van der Waals surface area contributed by atoms with Gasteiger partial charge in [0, 0.05) is 0 Å². The van der Waals surface area contributed by atoms with Crippen LogP contribution < -0.4 is 61.8 Å². The SMILES string of the molecule is C[C@H]1[C@H](NC(=O)Cc2ccccc2)C(=O)N1SCC(=O)[O-].[K+]. The number of hydrogen-bond donors (Lipinski definition) is 1. The maximum Gasteiger partial charge on any atom is 1.00 e. The number of rotatable bonds is 6. The summed E-state index contributed by atoms with van der Waals surface area (Å²) >= 11 is 0.893. The van der Waals surface area contributed by atoms with Gasteiger partial charge in [0.2, 0.25) is 5.91 Å². The smallest absolute Gasteiger partial charge is 0.549 e. The number of carboxylic acids is 1. The van der Waals surface area contributed by atoms with Gasteiger partial charge in [-0.2, -0.15) is 0 Å². The second-order valence-electron chi connectivity index (χ2n) is 4.76. The second kappa shape index (κ2) is 9.04. The number of aliphatic carboxylic acids is 1. The zero-order valence-electron chi connectivity index (χ0n) is 12.4. The maximum absolute atomic E-state index is 11.9. The van der Waals surface area contributed by atoms with Crippen LogP contribution in [0.1, 0.15) is 12.5 Å². The molecule has 2 atom stereocenters. The van der Waals surface area contributed by atoms with Gasteiger partial charge in [0.1, 0.15) is 6.04 Å². The fraction of sp³-hybridized carbons (Fsp3) is 0.357. The minimum atomic E-state index is -1.23. The van der Waals surface area contributed by atoms with E-state index in [-0.39, 0.29) is 81.4 Å². The number of carboxylic acid groups (broad SMARTS) is 1. The molecule has 1 heterocycles. The molecule has 22 heavy (non-hydrogen) atoms. The van der Waals surface area contributed by atoms with Gasteiger partial charge in [-0.15, -0.1) is 0 Å². The molecule has 0 aliphatic carbocycles. The van der Waals surface area contributed by atoms with E-state index in [1.807, 2.05) is 30.3 Å². The number of amides is 2. The minimum Gasteiger partial charge on any atom is -0.549 e. The molecule has 2 amide bonds. The van der Waals surface area contributed by atoms with Gasteiger partial charge < -0.3 is 15.2 Å². The van der Waals surface area contributed by atoms with Crippen molar-refractivity contribution in [2.45, 2.75) is 25.4 Å². The molecular formula is C14H15KN2O4S. The molecule has 1 fully saturated rings. The zero-order chi connectivity index (χ0) is 15.4. The molecule has 0 bridgehead atoms. The van der Waals surface area contributed by atoms with Crippen LogP contribution in [0.25, 0.3) is 0 Å². The van der Waals surface area contributed by atoms with Gasteiger partial charge in [-0.25, -0.2) is 0 Å². The molecule has 1 aliphatic rings. The van der Waals surface area contributed by atoms with Crippen molar-refractivity contribution in [3.8, 4) is 0 Å². The van der Waals surface area contributed by atoms with Crippen molar-refractivity contribution < 1.29 is 70.9 Å². The summed E-state index contributed by atoms with van der Waals surface area (Å²) < 4.78 is 1.35. The minimum absolute atomic E-state index is 0. The summed E-state index contributed by atoms with van der Waals surface area (Å²) in [4.78, 5) is 34.1. The van der Waals surface area contributed by atoms with Gasteiger partial charge in [0.15, 0.2) is 0 Å². The summed E-state index contributed by atoms with van der Waals surface area (Å²) in [6.45, 7) is 1.76. The average molecular weight is 346 g/mol. The van der Waals surface area contributed by atoms with Crippen LogP contribution in [-0.4, -0.2) is 39.9 Å². The Hall–Kier alpha value is -0.384. The fourth-order valence-electron chi connectivity index (χ4n) is 2.09. The molecule has 8 heteroatoms. The van der Waals surface area contributed by atoms with Crippen molar-refractivity contribution in [1.82, 2.24) is 9.62 Å². The van der Waals surface area contributed by atoms with E-state index < -0.39 is 12.0 Å². The number of benzene rings is 1. The largest absolute Gasteiger partial charge is 1.00 e. The third-order valence-corrected chi connectivity index (χ3v) is 4.34. The van der Waals surface area contributed by atoms with Crippen LogP contribution in [0.3, 0.4) is 0 Å². The van der Waals surface area contributed by atoms with Gasteiger partial charge in [-0.1, -0.05) is 30.3 Å². The molecule has 0 radical (unpaired) electrons. The third-order valence-electron chi connectivity index (χ3n) is 3.18. The molecule has 0 saturated carbocycles. The Morgan fingerprint density at radius 2 is 1.95 bits per heavy atom. The summed E-state index contributed by atoms with van der Waals surface area (Å²) in [6.07, 6.45) is 0.212. The van der Waals surface area contributed by atoms with Crippen molar-refractivity contribution in [2.75, 3.05) is 5.75 Å². The van der Waals surface area contributed by atoms with Crippen molar-refractivity contribution >= 4 is 29.7 Å². The molecule has 1 aromatic rings. The summed E-state index contributed by atoms with van der Waals surface area (Å²) in [6, 6.07) is 8.42. The van der Waals surface area contributed by atoms with Crippen molar-refractivity contribution in [3.63, 3.8) is 0 Å². The molecule has 0 aromatic heterocycles. The quantitative estimate of drug-likeness (QED) is 0.326. The molecule has 0 spiro atoms. The molecule has 1 aliphatic heterocycles. The van der Waals surface area contributed by atoms with Gasteiger partial charge >= 0.3 is 51.4 Å². The number of nitrogens with zero attached hydrogens (tertiary/aromatic N) is 1. The van der Waals surface area contributed by atoms with Crippen LogP contribution in [-0.2, 0) is 20.8 Å². The van der Waals surface area contributed by atoms with Crippen LogP contribution in [0.4, 0.5) is 0 Å². The normalized spacial score (nSPS) is 19.9. The van der Waals surface area contributed by atoms with E-state index in [0.29, 0.717) is 0 Å². The first-order valence-electron chi connectivity index (χ1n) is 6.48. The summed E-state index contributed by atoms with van der Waals surface area (Å²) in [5, 5.41) is 13.1. The van der Waals surface area contributed by atoms with Crippen molar-refractivity contribution in [3.05, 3.63) is 35.9 Å². The van der Waals surface area contributed by atoms with E-state index >= 15 is 0 Å². The van der Waals surface area contributed by atoms with Crippen LogP contribution in [0.2, 0.25) is 0 Å².